The average Bonchev–Trinajstić information content (AvgIpc) is 2.88. The van der Waals surface area contributed by atoms with Gasteiger partial charge >= 0.3 is 0 Å². The fraction of sp³-hybridized carbons (Fsp3) is 0.500. The molecule has 1 fully saturated rings. The van der Waals surface area contributed by atoms with E-state index in [1.165, 1.54) is 6.20 Å². The van der Waals surface area contributed by atoms with Gasteiger partial charge in [0.15, 0.2) is 0 Å². The maximum absolute atomic E-state index is 12.5. The SMILES string of the molecule is CN(C)c1cnc(C[C@@H]2CCCN(C(=O)c3ccnnc3)CC2)cn1. The lowest BCUT2D eigenvalue weighted by Crippen LogP contribution is -2.32. The van der Waals surface area contributed by atoms with Gasteiger partial charge in [0.1, 0.15) is 5.82 Å². The number of likely N-dealkylation sites (tertiary alicyclic amines) is 1. The standard InChI is InChI=1S/C18H24N6O/c1-23(2)17-13-19-16(12-20-17)10-14-4-3-8-24(9-6-14)18(25)15-5-7-21-22-11-15/h5,7,11-14H,3-4,6,8-10H2,1-2H3/t14-/m1/s1. The van der Waals surface area contributed by atoms with E-state index in [4.69, 9.17) is 0 Å². The number of carbonyl (C=O) groups excluding carboxylic acids is 1. The van der Waals surface area contributed by atoms with Gasteiger partial charge in [-0.15, -0.1) is 0 Å². The van der Waals surface area contributed by atoms with Crippen LogP contribution < -0.4 is 4.90 Å². The Kier molecular flexibility index (Phi) is 5.53. The van der Waals surface area contributed by atoms with Gasteiger partial charge in [-0.3, -0.25) is 9.78 Å². The average molecular weight is 340 g/mol. The van der Waals surface area contributed by atoms with Crippen LogP contribution in [-0.4, -0.2) is 58.2 Å². The lowest BCUT2D eigenvalue weighted by molar-refractivity contribution is 0.0759. The Labute approximate surface area is 148 Å². The van der Waals surface area contributed by atoms with Crippen molar-refractivity contribution in [3.8, 4) is 0 Å². The molecular weight excluding hydrogens is 316 g/mol. The van der Waals surface area contributed by atoms with Crippen LogP contribution in [0.25, 0.3) is 0 Å². The Bertz CT molecular complexity index is 688. The zero-order valence-corrected chi connectivity index (χ0v) is 14.8. The molecule has 1 aliphatic heterocycles. The maximum Gasteiger partial charge on any atom is 0.255 e. The number of aromatic nitrogens is 4. The highest BCUT2D eigenvalue weighted by Gasteiger charge is 2.22. The van der Waals surface area contributed by atoms with Gasteiger partial charge in [0.05, 0.1) is 36.0 Å². The van der Waals surface area contributed by atoms with Crippen molar-refractivity contribution in [3.63, 3.8) is 0 Å². The first-order valence-electron chi connectivity index (χ1n) is 8.67. The Morgan fingerprint density at radius 2 is 2.04 bits per heavy atom. The van der Waals surface area contributed by atoms with Crippen molar-refractivity contribution in [2.45, 2.75) is 25.7 Å². The summed E-state index contributed by atoms with van der Waals surface area (Å²) >= 11 is 0. The molecule has 132 valence electrons. The van der Waals surface area contributed by atoms with Crippen LogP contribution in [0, 0.1) is 5.92 Å². The van der Waals surface area contributed by atoms with E-state index in [-0.39, 0.29) is 5.91 Å². The molecule has 7 nitrogen and oxygen atoms in total. The van der Waals surface area contributed by atoms with E-state index in [1.807, 2.05) is 36.3 Å². The van der Waals surface area contributed by atoms with Crippen molar-refractivity contribution in [2.75, 3.05) is 32.1 Å². The van der Waals surface area contributed by atoms with E-state index in [2.05, 4.69) is 20.2 Å². The number of anilines is 1. The van der Waals surface area contributed by atoms with Crippen LogP contribution in [-0.2, 0) is 6.42 Å². The monoisotopic (exact) mass is 340 g/mol. The van der Waals surface area contributed by atoms with Crippen molar-refractivity contribution in [2.24, 2.45) is 5.92 Å². The number of amides is 1. The molecule has 0 N–H and O–H groups in total. The van der Waals surface area contributed by atoms with Crippen molar-refractivity contribution in [1.82, 2.24) is 25.1 Å². The molecule has 7 heteroatoms. The second-order valence-corrected chi connectivity index (χ2v) is 6.68. The molecule has 1 aliphatic rings. The minimum absolute atomic E-state index is 0.0469. The van der Waals surface area contributed by atoms with Crippen LogP contribution in [0.3, 0.4) is 0 Å². The molecule has 2 aromatic heterocycles. The topological polar surface area (TPSA) is 75.1 Å². The molecule has 0 spiro atoms. The van der Waals surface area contributed by atoms with Crippen LogP contribution >= 0.6 is 0 Å². The van der Waals surface area contributed by atoms with Crippen LogP contribution in [0.5, 0.6) is 0 Å². The third-order valence-electron chi connectivity index (χ3n) is 4.61. The molecule has 3 heterocycles. The van der Waals surface area contributed by atoms with Gasteiger partial charge in [0, 0.05) is 27.2 Å². The second-order valence-electron chi connectivity index (χ2n) is 6.68. The molecule has 1 amide bonds. The molecule has 1 saturated heterocycles. The van der Waals surface area contributed by atoms with E-state index >= 15 is 0 Å². The first-order chi connectivity index (χ1) is 12.1. The van der Waals surface area contributed by atoms with Gasteiger partial charge < -0.3 is 9.80 Å². The second kappa shape index (κ2) is 8.00. The number of hydrogen-bond donors (Lipinski definition) is 0. The minimum Gasteiger partial charge on any atom is -0.361 e. The summed E-state index contributed by atoms with van der Waals surface area (Å²) in [6.07, 6.45) is 10.8. The molecule has 0 aromatic carbocycles. The first-order valence-corrected chi connectivity index (χ1v) is 8.67. The maximum atomic E-state index is 12.5. The molecule has 2 aromatic rings. The normalized spacial score (nSPS) is 17.8. The Morgan fingerprint density at radius 3 is 2.72 bits per heavy atom. The highest BCUT2D eigenvalue weighted by Crippen LogP contribution is 2.22. The molecule has 3 rings (SSSR count). The summed E-state index contributed by atoms with van der Waals surface area (Å²) in [7, 11) is 3.91. The minimum atomic E-state index is 0.0469. The highest BCUT2D eigenvalue weighted by molar-refractivity contribution is 5.93. The van der Waals surface area contributed by atoms with Gasteiger partial charge in [0.25, 0.3) is 5.91 Å². The molecule has 0 saturated carbocycles. The molecule has 0 unspecified atom stereocenters. The summed E-state index contributed by atoms with van der Waals surface area (Å²) in [6, 6.07) is 1.72. The van der Waals surface area contributed by atoms with Crippen LogP contribution in [0.2, 0.25) is 0 Å². The Balaban J connectivity index is 1.57. The molecule has 0 aliphatic carbocycles. The van der Waals surface area contributed by atoms with Gasteiger partial charge in [-0.2, -0.15) is 10.2 Å². The smallest absolute Gasteiger partial charge is 0.255 e. The van der Waals surface area contributed by atoms with Crippen LogP contribution in [0.1, 0.15) is 35.3 Å². The van der Waals surface area contributed by atoms with E-state index < -0.39 is 0 Å². The summed E-state index contributed by atoms with van der Waals surface area (Å²) in [5.41, 5.74) is 1.63. The molecular formula is C18H24N6O. The number of rotatable bonds is 4. The predicted octanol–water partition coefficient (Wildman–Crippen LogP) is 1.82. The molecule has 25 heavy (non-hydrogen) atoms. The number of carbonyl (C=O) groups is 1. The molecule has 0 bridgehead atoms. The van der Waals surface area contributed by atoms with E-state index in [1.54, 1.807) is 12.3 Å². The molecule has 1 atom stereocenters. The van der Waals surface area contributed by atoms with Gasteiger partial charge in [-0.05, 0) is 37.7 Å². The lowest BCUT2D eigenvalue weighted by Gasteiger charge is -2.20. The Morgan fingerprint density at radius 1 is 1.16 bits per heavy atom. The highest BCUT2D eigenvalue weighted by atomic mass is 16.2. The third kappa shape index (κ3) is 4.49. The summed E-state index contributed by atoms with van der Waals surface area (Å²) in [4.78, 5) is 25.4. The predicted molar refractivity (Wildman–Crippen MR) is 95.3 cm³/mol. The van der Waals surface area contributed by atoms with Crippen LogP contribution in [0.4, 0.5) is 5.82 Å². The van der Waals surface area contributed by atoms with Crippen molar-refractivity contribution >= 4 is 11.7 Å². The van der Waals surface area contributed by atoms with E-state index in [0.29, 0.717) is 11.5 Å². The quantitative estimate of drug-likeness (QED) is 0.845. The summed E-state index contributed by atoms with van der Waals surface area (Å²) in [5.74, 6) is 1.45. The Hall–Kier alpha value is -2.57. The summed E-state index contributed by atoms with van der Waals surface area (Å²) in [6.45, 7) is 1.57. The van der Waals surface area contributed by atoms with Crippen molar-refractivity contribution in [1.29, 1.82) is 0 Å². The number of nitrogens with zero attached hydrogens (tertiary/aromatic N) is 6. The van der Waals surface area contributed by atoms with E-state index in [9.17, 15) is 4.79 Å². The van der Waals surface area contributed by atoms with Gasteiger partial charge in [-0.25, -0.2) is 4.98 Å². The van der Waals surface area contributed by atoms with Gasteiger partial charge in [-0.1, -0.05) is 0 Å². The zero-order valence-electron chi connectivity index (χ0n) is 14.8. The summed E-state index contributed by atoms with van der Waals surface area (Å²) in [5, 5.41) is 7.53. The fourth-order valence-electron chi connectivity index (χ4n) is 3.15. The number of hydrogen-bond acceptors (Lipinski definition) is 6. The third-order valence-corrected chi connectivity index (χ3v) is 4.61. The summed E-state index contributed by atoms with van der Waals surface area (Å²) < 4.78 is 0. The first kappa shape index (κ1) is 17.3. The molecule has 0 radical (unpaired) electrons. The fourth-order valence-corrected chi connectivity index (χ4v) is 3.15. The van der Waals surface area contributed by atoms with E-state index in [0.717, 1.165) is 50.3 Å². The van der Waals surface area contributed by atoms with Gasteiger partial charge in [0.2, 0.25) is 0 Å². The van der Waals surface area contributed by atoms with Crippen molar-refractivity contribution < 1.29 is 4.79 Å². The zero-order chi connectivity index (χ0) is 17.6. The van der Waals surface area contributed by atoms with Crippen molar-refractivity contribution in [3.05, 3.63) is 42.1 Å². The van der Waals surface area contributed by atoms with Crippen LogP contribution in [0.15, 0.2) is 30.9 Å². The lowest BCUT2D eigenvalue weighted by atomic mass is 9.95. The largest absolute Gasteiger partial charge is 0.361 e.